The zero-order chi connectivity index (χ0) is 18.1. The number of amides is 2. The quantitative estimate of drug-likeness (QED) is 0.841. The Labute approximate surface area is 148 Å². The highest BCUT2D eigenvalue weighted by molar-refractivity contribution is 5.96. The van der Waals surface area contributed by atoms with E-state index in [0.29, 0.717) is 31.7 Å². The number of nitrogens with zero attached hydrogens (tertiary/aromatic N) is 4. The van der Waals surface area contributed by atoms with E-state index in [4.69, 9.17) is 0 Å². The van der Waals surface area contributed by atoms with Crippen molar-refractivity contribution in [2.24, 2.45) is 0 Å². The average molecular weight is 340 g/mol. The molecule has 0 radical (unpaired) electrons. The summed E-state index contributed by atoms with van der Waals surface area (Å²) in [5, 5.41) is 4.59. The molecular formula is C19H24N4O2. The third kappa shape index (κ3) is 3.29. The molecular weight excluding hydrogens is 316 g/mol. The fourth-order valence-corrected chi connectivity index (χ4v) is 3.35. The zero-order valence-electron chi connectivity index (χ0n) is 15.2. The number of aromatic nitrogens is 2. The van der Waals surface area contributed by atoms with Gasteiger partial charge >= 0.3 is 0 Å². The summed E-state index contributed by atoms with van der Waals surface area (Å²) in [5.74, 6) is 0.0591. The van der Waals surface area contributed by atoms with Gasteiger partial charge in [0.1, 0.15) is 0 Å². The van der Waals surface area contributed by atoms with E-state index in [0.717, 1.165) is 22.6 Å². The predicted molar refractivity (Wildman–Crippen MR) is 95.9 cm³/mol. The van der Waals surface area contributed by atoms with Crippen LogP contribution in [-0.4, -0.2) is 57.6 Å². The maximum Gasteiger partial charge on any atom is 0.257 e. The molecule has 6 heteroatoms. The lowest BCUT2D eigenvalue weighted by atomic mass is 10.1. The molecule has 0 unspecified atom stereocenters. The topological polar surface area (TPSA) is 58.4 Å². The second kappa shape index (κ2) is 6.70. The van der Waals surface area contributed by atoms with Crippen LogP contribution in [0.15, 0.2) is 24.3 Å². The molecule has 0 bridgehead atoms. The van der Waals surface area contributed by atoms with Crippen LogP contribution < -0.4 is 0 Å². The molecule has 1 aliphatic rings. The Hall–Kier alpha value is -2.63. The molecule has 1 aliphatic heterocycles. The highest BCUT2D eigenvalue weighted by Crippen LogP contribution is 2.21. The molecule has 2 aromatic rings. The minimum Gasteiger partial charge on any atom is -0.339 e. The summed E-state index contributed by atoms with van der Waals surface area (Å²) in [6, 6.07) is 8.07. The van der Waals surface area contributed by atoms with Gasteiger partial charge in [0, 0.05) is 33.1 Å². The van der Waals surface area contributed by atoms with Gasteiger partial charge in [-0.25, -0.2) is 4.68 Å². The summed E-state index contributed by atoms with van der Waals surface area (Å²) in [6.07, 6.45) is 0. The molecule has 0 spiro atoms. The van der Waals surface area contributed by atoms with Gasteiger partial charge in [-0.1, -0.05) is 12.1 Å². The Morgan fingerprint density at radius 2 is 1.64 bits per heavy atom. The van der Waals surface area contributed by atoms with Gasteiger partial charge in [-0.15, -0.1) is 0 Å². The molecule has 0 aliphatic carbocycles. The minimum absolute atomic E-state index is 0.00268. The fraction of sp³-hybridized carbons (Fsp3) is 0.421. The van der Waals surface area contributed by atoms with E-state index in [1.54, 1.807) is 11.8 Å². The number of carbonyl (C=O) groups excluding carboxylic acids is 2. The maximum atomic E-state index is 13.0. The second-order valence-corrected chi connectivity index (χ2v) is 6.59. The molecule has 0 saturated carbocycles. The SMILES string of the molecule is CC(=O)N1CCN(C(=O)c2c(C)nn(-c3cccc(C)c3)c2C)CC1. The molecule has 25 heavy (non-hydrogen) atoms. The van der Waals surface area contributed by atoms with Crippen LogP contribution in [0.4, 0.5) is 0 Å². The number of piperazine rings is 1. The molecule has 3 rings (SSSR count). The Kier molecular flexibility index (Phi) is 4.61. The third-order valence-corrected chi connectivity index (χ3v) is 4.76. The lowest BCUT2D eigenvalue weighted by Gasteiger charge is -2.34. The van der Waals surface area contributed by atoms with E-state index in [-0.39, 0.29) is 11.8 Å². The fourth-order valence-electron chi connectivity index (χ4n) is 3.35. The summed E-state index contributed by atoms with van der Waals surface area (Å²) in [4.78, 5) is 28.0. The first-order valence-electron chi connectivity index (χ1n) is 8.56. The van der Waals surface area contributed by atoms with Crippen molar-refractivity contribution < 1.29 is 9.59 Å². The summed E-state index contributed by atoms with van der Waals surface area (Å²) >= 11 is 0. The van der Waals surface area contributed by atoms with Gasteiger partial charge in [0.2, 0.25) is 5.91 Å². The van der Waals surface area contributed by atoms with Crippen molar-refractivity contribution in [2.75, 3.05) is 26.2 Å². The van der Waals surface area contributed by atoms with Crippen molar-refractivity contribution >= 4 is 11.8 Å². The van der Waals surface area contributed by atoms with Crippen LogP contribution in [0, 0.1) is 20.8 Å². The number of carbonyl (C=O) groups is 2. The van der Waals surface area contributed by atoms with Crippen LogP contribution in [0.3, 0.4) is 0 Å². The van der Waals surface area contributed by atoms with E-state index < -0.39 is 0 Å². The summed E-state index contributed by atoms with van der Waals surface area (Å²) < 4.78 is 1.83. The average Bonchev–Trinajstić information content (AvgIpc) is 2.89. The van der Waals surface area contributed by atoms with Crippen LogP contribution in [0.5, 0.6) is 0 Å². The van der Waals surface area contributed by atoms with Crippen LogP contribution in [-0.2, 0) is 4.79 Å². The molecule has 2 heterocycles. The molecule has 1 fully saturated rings. The van der Waals surface area contributed by atoms with Crippen LogP contribution in [0.2, 0.25) is 0 Å². The van der Waals surface area contributed by atoms with Gasteiger partial charge in [0.25, 0.3) is 5.91 Å². The van der Waals surface area contributed by atoms with Crippen molar-refractivity contribution in [1.82, 2.24) is 19.6 Å². The summed E-state index contributed by atoms with van der Waals surface area (Å²) in [7, 11) is 0. The van der Waals surface area contributed by atoms with Crippen molar-refractivity contribution in [3.05, 3.63) is 46.8 Å². The summed E-state index contributed by atoms with van der Waals surface area (Å²) in [6.45, 7) is 9.71. The van der Waals surface area contributed by atoms with Gasteiger partial charge in [-0.2, -0.15) is 5.10 Å². The zero-order valence-corrected chi connectivity index (χ0v) is 15.2. The molecule has 0 atom stereocenters. The number of aryl methyl sites for hydroxylation is 2. The van der Waals surface area contributed by atoms with E-state index >= 15 is 0 Å². The Bertz CT molecular complexity index is 817. The van der Waals surface area contributed by atoms with Crippen LogP contribution in [0.25, 0.3) is 5.69 Å². The first kappa shape index (κ1) is 17.2. The maximum absolute atomic E-state index is 13.0. The number of rotatable bonds is 2. The highest BCUT2D eigenvalue weighted by atomic mass is 16.2. The standard InChI is InChI=1S/C19H24N4O2/c1-13-6-5-7-17(12-13)23-15(3)18(14(2)20-23)19(25)22-10-8-21(9-11-22)16(4)24/h5-7,12H,8-11H2,1-4H3. The number of hydrogen-bond acceptors (Lipinski definition) is 3. The normalized spacial score (nSPS) is 14.7. The largest absolute Gasteiger partial charge is 0.339 e. The first-order valence-corrected chi connectivity index (χ1v) is 8.56. The van der Waals surface area contributed by atoms with E-state index in [2.05, 4.69) is 11.2 Å². The van der Waals surface area contributed by atoms with E-state index in [9.17, 15) is 9.59 Å². The molecule has 1 saturated heterocycles. The lowest BCUT2D eigenvalue weighted by Crippen LogP contribution is -2.50. The van der Waals surface area contributed by atoms with Crippen molar-refractivity contribution in [1.29, 1.82) is 0 Å². The lowest BCUT2D eigenvalue weighted by molar-refractivity contribution is -0.130. The molecule has 1 aromatic heterocycles. The van der Waals surface area contributed by atoms with Gasteiger partial charge in [0.15, 0.2) is 0 Å². The van der Waals surface area contributed by atoms with Crippen LogP contribution in [0.1, 0.15) is 34.2 Å². The first-order chi connectivity index (χ1) is 11.9. The summed E-state index contributed by atoms with van der Waals surface area (Å²) in [5.41, 5.74) is 4.36. The molecule has 2 amide bonds. The molecule has 1 aromatic carbocycles. The van der Waals surface area contributed by atoms with Crippen molar-refractivity contribution in [2.45, 2.75) is 27.7 Å². The van der Waals surface area contributed by atoms with E-state index in [1.165, 1.54) is 0 Å². The van der Waals surface area contributed by atoms with E-state index in [1.807, 2.05) is 48.6 Å². The van der Waals surface area contributed by atoms with Gasteiger partial charge in [-0.3, -0.25) is 9.59 Å². The smallest absolute Gasteiger partial charge is 0.257 e. The highest BCUT2D eigenvalue weighted by Gasteiger charge is 2.27. The molecule has 132 valence electrons. The monoisotopic (exact) mass is 340 g/mol. The number of benzene rings is 1. The van der Waals surface area contributed by atoms with Gasteiger partial charge in [-0.05, 0) is 38.5 Å². The van der Waals surface area contributed by atoms with Gasteiger partial charge < -0.3 is 9.80 Å². The second-order valence-electron chi connectivity index (χ2n) is 6.59. The Morgan fingerprint density at radius 3 is 2.24 bits per heavy atom. The minimum atomic E-state index is -0.00268. The van der Waals surface area contributed by atoms with Crippen molar-refractivity contribution in [3.63, 3.8) is 0 Å². The Balaban J connectivity index is 1.86. The van der Waals surface area contributed by atoms with Crippen LogP contribution >= 0.6 is 0 Å². The third-order valence-electron chi connectivity index (χ3n) is 4.76. The van der Waals surface area contributed by atoms with Gasteiger partial charge in [0.05, 0.1) is 22.6 Å². The predicted octanol–water partition coefficient (Wildman–Crippen LogP) is 2.10. The van der Waals surface area contributed by atoms with Crippen molar-refractivity contribution in [3.8, 4) is 5.69 Å². The molecule has 6 nitrogen and oxygen atoms in total. The Morgan fingerprint density at radius 1 is 1.00 bits per heavy atom. The molecule has 0 N–H and O–H groups in total. The number of hydrogen-bond donors (Lipinski definition) is 0.